The van der Waals surface area contributed by atoms with Crippen LogP contribution in [0, 0.1) is 12.8 Å². The Morgan fingerprint density at radius 3 is 2.80 bits per heavy atom. The number of anilines is 1. The van der Waals surface area contributed by atoms with Gasteiger partial charge in [0.2, 0.25) is 0 Å². The predicted octanol–water partition coefficient (Wildman–Crippen LogP) is 0.994. The molecule has 0 atom stereocenters. The third kappa shape index (κ3) is 2.45. The second-order valence-corrected chi connectivity index (χ2v) is 4.20. The first-order chi connectivity index (χ1) is 7.29. The molecule has 1 fully saturated rings. The molecule has 0 aromatic carbocycles. The molecule has 1 aliphatic heterocycles. The van der Waals surface area contributed by atoms with Crippen LogP contribution in [0.5, 0.6) is 0 Å². The van der Waals surface area contributed by atoms with Crippen molar-refractivity contribution >= 4 is 5.82 Å². The number of rotatable bonds is 2. The zero-order chi connectivity index (χ0) is 10.7. The minimum absolute atomic E-state index is 0.313. The molecule has 0 saturated carbocycles. The number of aliphatic hydroxyl groups excluding tert-OH is 1. The Balaban J connectivity index is 2.01. The van der Waals surface area contributed by atoms with Gasteiger partial charge in [0.05, 0.1) is 6.20 Å². The van der Waals surface area contributed by atoms with E-state index in [-0.39, 0.29) is 0 Å². The fraction of sp³-hybridized carbons (Fsp3) is 0.636. The first kappa shape index (κ1) is 10.4. The topological polar surface area (TPSA) is 49.2 Å². The van der Waals surface area contributed by atoms with E-state index in [1.807, 2.05) is 6.92 Å². The fourth-order valence-corrected chi connectivity index (χ4v) is 1.95. The first-order valence-electron chi connectivity index (χ1n) is 5.44. The van der Waals surface area contributed by atoms with E-state index >= 15 is 0 Å². The summed E-state index contributed by atoms with van der Waals surface area (Å²) in [4.78, 5) is 2.24. The van der Waals surface area contributed by atoms with Crippen molar-refractivity contribution in [3.8, 4) is 0 Å². The number of hydrogen-bond acceptors (Lipinski definition) is 4. The Bertz CT molecular complexity index is 321. The lowest BCUT2D eigenvalue weighted by atomic mass is 9.98. The number of hydrogen-bond donors (Lipinski definition) is 1. The highest BCUT2D eigenvalue weighted by atomic mass is 16.3. The minimum atomic E-state index is 0.313. The molecule has 1 N–H and O–H groups in total. The average molecular weight is 207 g/mol. The van der Waals surface area contributed by atoms with Gasteiger partial charge < -0.3 is 10.0 Å². The van der Waals surface area contributed by atoms with Crippen molar-refractivity contribution in [2.75, 3.05) is 24.6 Å². The third-order valence-corrected chi connectivity index (χ3v) is 2.98. The van der Waals surface area contributed by atoms with Crippen LogP contribution in [0.1, 0.15) is 18.4 Å². The van der Waals surface area contributed by atoms with Gasteiger partial charge in [-0.2, -0.15) is 5.10 Å². The maximum Gasteiger partial charge on any atom is 0.151 e. The van der Waals surface area contributed by atoms with Crippen molar-refractivity contribution in [1.29, 1.82) is 0 Å². The Kier molecular flexibility index (Phi) is 3.16. The van der Waals surface area contributed by atoms with Crippen LogP contribution >= 0.6 is 0 Å². The Morgan fingerprint density at radius 2 is 2.20 bits per heavy atom. The van der Waals surface area contributed by atoms with Crippen molar-refractivity contribution in [2.45, 2.75) is 19.8 Å². The standard InChI is InChI=1S/C11H17N3O/c1-9-6-11(13-12-7-9)14-4-2-10(8-15)3-5-14/h6-7,10,15H,2-5,8H2,1H3. The van der Waals surface area contributed by atoms with Gasteiger partial charge in [0.15, 0.2) is 5.82 Å². The second-order valence-electron chi connectivity index (χ2n) is 4.20. The lowest BCUT2D eigenvalue weighted by Gasteiger charge is -2.31. The van der Waals surface area contributed by atoms with Crippen molar-refractivity contribution in [1.82, 2.24) is 10.2 Å². The summed E-state index contributed by atoms with van der Waals surface area (Å²) in [6.45, 7) is 4.29. The molecule has 0 unspecified atom stereocenters. The molecule has 0 aliphatic carbocycles. The maximum absolute atomic E-state index is 9.05. The van der Waals surface area contributed by atoms with E-state index in [0.29, 0.717) is 12.5 Å². The summed E-state index contributed by atoms with van der Waals surface area (Å²) >= 11 is 0. The molecule has 2 rings (SSSR count). The van der Waals surface area contributed by atoms with Crippen LogP contribution in [0.4, 0.5) is 5.82 Å². The molecule has 4 heteroatoms. The highest BCUT2D eigenvalue weighted by Crippen LogP contribution is 2.21. The monoisotopic (exact) mass is 207 g/mol. The SMILES string of the molecule is Cc1cnnc(N2CCC(CO)CC2)c1. The van der Waals surface area contributed by atoms with Crippen LogP contribution in [0.3, 0.4) is 0 Å². The third-order valence-electron chi connectivity index (χ3n) is 2.98. The summed E-state index contributed by atoms with van der Waals surface area (Å²) in [6.07, 6.45) is 3.86. The normalized spacial score (nSPS) is 18.1. The van der Waals surface area contributed by atoms with E-state index < -0.39 is 0 Å². The highest BCUT2D eigenvalue weighted by Gasteiger charge is 2.19. The average Bonchev–Trinajstić information content (AvgIpc) is 2.29. The molecule has 1 aromatic heterocycles. The van der Waals surface area contributed by atoms with Gasteiger partial charge in [-0.05, 0) is 37.3 Å². The Labute approximate surface area is 89.9 Å². The van der Waals surface area contributed by atoms with E-state index in [1.165, 1.54) is 0 Å². The smallest absolute Gasteiger partial charge is 0.151 e. The quantitative estimate of drug-likeness (QED) is 0.785. The largest absolute Gasteiger partial charge is 0.396 e. The summed E-state index contributed by atoms with van der Waals surface area (Å²) in [5, 5.41) is 17.1. The molecule has 1 aliphatic rings. The summed E-state index contributed by atoms with van der Waals surface area (Å²) in [7, 11) is 0. The molecule has 0 spiro atoms. The van der Waals surface area contributed by atoms with E-state index in [2.05, 4.69) is 21.2 Å². The fourth-order valence-electron chi connectivity index (χ4n) is 1.95. The highest BCUT2D eigenvalue weighted by molar-refractivity contribution is 5.39. The summed E-state index contributed by atoms with van der Waals surface area (Å²) in [5.74, 6) is 1.44. The van der Waals surface area contributed by atoms with Gasteiger partial charge in [-0.15, -0.1) is 5.10 Å². The van der Waals surface area contributed by atoms with Crippen LogP contribution < -0.4 is 4.90 Å². The molecular formula is C11H17N3O. The van der Waals surface area contributed by atoms with E-state index in [1.54, 1.807) is 6.20 Å². The van der Waals surface area contributed by atoms with Gasteiger partial charge in [0.1, 0.15) is 0 Å². The second kappa shape index (κ2) is 4.57. The van der Waals surface area contributed by atoms with E-state index in [0.717, 1.165) is 37.3 Å². The van der Waals surface area contributed by atoms with E-state index in [4.69, 9.17) is 5.11 Å². The molecular weight excluding hydrogens is 190 g/mol. The molecule has 1 saturated heterocycles. The summed E-state index contributed by atoms with van der Waals surface area (Å²) in [6, 6.07) is 2.06. The van der Waals surface area contributed by atoms with Crippen molar-refractivity contribution < 1.29 is 5.11 Å². The van der Waals surface area contributed by atoms with Crippen LogP contribution in [0.15, 0.2) is 12.3 Å². The molecule has 82 valence electrons. The molecule has 0 radical (unpaired) electrons. The summed E-state index contributed by atoms with van der Waals surface area (Å²) in [5.41, 5.74) is 1.14. The molecule has 4 nitrogen and oxygen atoms in total. The van der Waals surface area contributed by atoms with Gasteiger partial charge in [-0.1, -0.05) is 0 Å². The zero-order valence-electron chi connectivity index (χ0n) is 9.06. The van der Waals surface area contributed by atoms with Gasteiger partial charge in [-0.25, -0.2) is 0 Å². The number of aliphatic hydroxyl groups is 1. The lowest BCUT2D eigenvalue weighted by molar-refractivity contribution is 0.202. The molecule has 0 bridgehead atoms. The number of aromatic nitrogens is 2. The number of aryl methyl sites for hydroxylation is 1. The number of piperidine rings is 1. The van der Waals surface area contributed by atoms with Gasteiger partial charge in [-0.3, -0.25) is 0 Å². The van der Waals surface area contributed by atoms with Gasteiger partial charge in [0, 0.05) is 19.7 Å². The molecule has 0 amide bonds. The van der Waals surface area contributed by atoms with Crippen LogP contribution in [-0.2, 0) is 0 Å². The minimum Gasteiger partial charge on any atom is -0.396 e. The predicted molar refractivity (Wildman–Crippen MR) is 58.8 cm³/mol. The lowest BCUT2D eigenvalue weighted by Crippen LogP contribution is -2.35. The Morgan fingerprint density at radius 1 is 1.47 bits per heavy atom. The number of nitrogens with zero attached hydrogens (tertiary/aromatic N) is 3. The van der Waals surface area contributed by atoms with Crippen molar-refractivity contribution in [2.24, 2.45) is 5.92 Å². The van der Waals surface area contributed by atoms with Crippen LogP contribution in [0.2, 0.25) is 0 Å². The zero-order valence-corrected chi connectivity index (χ0v) is 9.06. The van der Waals surface area contributed by atoms with Gasteiger partial charge in [0.25, 0.3) is 0 Å². The maximum atomic E-state index is 9.05. The van der Waals surface area contributed by atoms with Gasteiger partial charge >= 0.3 is 0 Å². The molecule has 15 heavy (non-hydrogen) atoms. The Hall–Kier alpha value is -1.16. The molecule has 1 aromatic rings. The first-order valence-corrected chi connectivity index (χ1v) is 5.44. The van der Waals surface area contributed by atoms with Crippen molar-refractivity contribution in [3.05, 3.63) is 17.8 Å². The van der Waals surface area contributed by atoms with E-state index in [9.17, 15) is 0 Å². The van der Waals surface area contributed by atoms with Crippen LogP contribution in [-0.4, -0.2) is 35.0 Å². The summed E-state index contributed by atoms with van der Waals surface area (Å²) < 4.78 is 0. The van der Waals surface area contributed by atoms with Crippen molar-refractivity contribution in [3.63, 3.8) is 0 Å². The van der Waals surface area contributed by atoms with Crippen LogP contribution in [0.25, 0.3) is 0 Å². The molecule has 2 heterocycles.